The Balaban J connectivity index is 1.82. The van der Waals surface area contributed by atoms with Gasteiger partial charge in [-0.3, -0.25) is 0 Å². The van der Waals surface area contributed by atoms with Crippen LogP contribution in [0.15, 0.2) is 0 Å². The van der Waals surface area contributed by atoms with Crippen LogP contribution >= 0.6 is 0 Å². The summed E-state index contributed by atoms with van der Waals surface area (Å²) in [4.78, 5) is 0. The second-order valence-corrected chi connectivity index (χ2v) is 4.70. The Bertz CT molecular complexity index is 116. The molecule has 0 aromatic heterocycles. The van der Waals surface area contributed by atoms with Gasteiger partial charge in [-0.1, -0.05) is 51.9 Å². The summed E-state index contributed by atoms with van der Waals surface area (Å²) in [5.41, 5.74) is 0. The van der Waals surface area contributed by atoms with Crippen molar-refractivity contribution in [1.29, 1.82) is 0 Å². The standard InChI is InChI=1S/C13H27N/c1-2-3-4-5-6-7-10-13-11-8-9-12-14-13/h13-14H,2-12H2,1H3. The molecule has 0 aromatic carbocycles. The molecule has 0 radical (unpaired) electrons. The van der Waals surface area contributed by atoms with E-state index in [1.54, 1.807) is 0 Å². The first-order valence-electron chi connectivity index (χ1n) is 6.67. The number of nitrogens with one attached hydrogen (secondary N) is 1. The molecule has 1 rings (SSSR count). The molecule has 1 aliphatic rings. The first-order valence-corrected chi connectivity index (χ1v) is 6.67. The van der Waals surface area contributed by atoms with E-state index < -0.39 is 0 Å². The Morgan fingerprint density at radius 3 is 2.50 bits per heavy atom. The molecule has 0 saturated carbocycles. The normalized spacial score (nSPS) is 22.5. The quantitative estimate of drug-likeness (QED) is 0.611. The molecule has 1 heteroatoms. The maximum atomic E-state index is 3.62. The van der Waals surface area contributed by atoms with Crippen LogP contribution in [-0.2, 0) is 0 Å². The fraction of sp³-hybridized carbons (Fsp3) is 1.00. The summed E-state index contributed by atoms with van der Waals surface area (Å²) < 4.78 is 0. The second-order valence-electron chi connectivity index (χ2n) is 4.70. The number of hydrogen-bond donors (Lipinski definition) is 1. The monoisotopic (exact) mass is 197 g/mol. The van der Waals surface area contributed by atoms with Gasteiger partial charge in [-0.15, -0.1) is 0 Å². The number of piperidine rings is 1. The lowest BCUT2D eigenvalue weighted by Gasteiger charge is -2.23. The molecule has 0 spiro atoms. The van der Waals surface area contributed by atoms with E-state index in [1.165, 1.54) is 70.8 Å². The minimum atomic E-state index is 0.856. The lowest BCUT2D eigenvalue weighted by atomic mass is 9.98. The number of rotatable bonds is 7. The zero-order valence-corrected chi connectivity index (χ0v) is 9.86. The Hall–Kier alpha value is -0.0400. The van der Waals surface area contributed by atoms with Crippen LogP contribution in [0.4, 0.5) is 0 Å². The molecule has 1 atom stereocenters. The molecule has 1 saturated heterocycles. The Morgan fingerprint density at radius 1 is 1.00 bits per heavy atom. The van der Waals surface area contributed by atoms with E-state index in [2.05, 4.69) is 12.2 Å². The van der Waals surface area contributed by atoms with Gasteiger partial charge in [-0.05, 0) is 25.8 Å². The van der Waals surface area contributed by atoms with Crippen molar-refractivity contribution in [3.8, 4) is 0 Å². The van der Waals surface area contributed by atoms with Gasteiger partial charge in [-0.2, -0.15) is 0 Å². The summed E-state index contributed by atoms with van der Waals surface area (Å²) in [6, 6.07) is 0.856. The van der Waals surface area contributed by atoms with Gasteiger partial charge in [-0.25, -0.2) is 0 Å². The van der Waals surface area contributed by atoms with Crippen LogP contribution < -0.4 is 5.32 Å². The van der Waals surface area contributed by atoms with E-state index in [4.69, 9.17) is 0 Å². The summed E-state index contributed by atoms with van der Waals surface area (Å²) in [7, 11) is 0. The molecule has 14 heavy (non-hydrogen) atoms. The van der Waals surface area contributed by atoms with E-state index in [0.717, 1.165) is 6.04 Å². The van der Waals surface area contributed by atoms with Crippen LogP contribution in [0, 0.1) is 0 Å². The summed E-state index contributed by atoms with van der Waals surface area (Å²) in [6.45, 7) is 3.55. The fourth-order valence-electron chi connectivity index (χ4n) is 2.34. The van der Waals surface area contributed by atoms with Gasteiger partial charge < -0.3 is 5.32 Å². The van der Waals surface area contributed by atoms with E-state index >= 15 is 0 Å². The van der Waals surface area contributed by atoms with E-state index in [-0.39, 0.29) is 0 Å². The van der Waals surface area contributed by atoms with Crippen LogP contribution in [0.5, 0.6) is 0 Å². The van der Waals surface area contributed by atoms with Gasteiger partial charge in [0.1, 0.15) is 0 Å². The lowest BCUT2D eigenvalue weighted by molar-refractivity contribution is 0.370. The third kappa shape index (κ3) is 5.64. The minimum absolute atomic E-state index is 0.856. The molecule has 84 valence electrons. The average molecular weight is 197 g/mol. The minimum Gasteiger partial charge on any atom is -0.314 e. The highest BCUT2D eigenvalue weighted by atomic mass is 14.9. The van der Waals surface area contributed by atoms with Gasteiger partial charge in [0.25, 0.3) is 0 Å². The summed E-state index contributed by atoms with van der Waals surface area (Å²) >= 11 is 0. The van der Waals surface area contributed by atoms with Gasteiger partial charge in [0.2, 0.25) is 0 Å². The molecule has 1 aliphatic heterocycles. The Kier molecular flexibility index (Phi) is 7.12. The van der Waals surface area contributed by atoms with Crippen LogP contribution in [0.1, 0.15) is 71.1 Å². The maximum Gasteiger partial charge on any atom is 0.00670 e. The molecule has 1 nitrogen and oxygen atoms in total. The third-order valence-corrected chi connectivity index (χ3v) is 3.32. The molecule has 1 N–H and O–H groups in total. The Morgan fingerprint density at radius 2 is 1.79 bits per heavy atom. The molecule has 0 amide bonds. The summed E-state index contributed by atoms with van der Waals surface area (Å²) in [6.07, 6.45) is 14.3. The van der Waals surface area contributed by atoms with Crippen molar-refractivity contribution in [2.45, 2.75) is 77.2 Å². The van der Waals surface area contributed by atoms with Crippen LogP contribution in [0.2, 0.25) is 0 Å². The van der Waals surface area contributed by atoms with E-state index in [1.807, 2.05) is 0 Å². The highest BCUT2D eigenvalue weighted by Crippen LogP contribution is 2.14. The molecular weight excluding hydrogens is 170 g/mol. The highest BCUT2D eigenvalue weighted by molar-refractivity contribution is 4.71. The van der Waals surface area contributed by atoms with Crippen molar-refractivity contribution in [3.05, 3.63) is 0 Å². The molecular formula is C13H27N. The number of unbranched alkanes of at least 4 members (excludes halogenated alkanes) is 5. The zero-order valence-electron chi connectivity index (χ0n) is 9.86. The number of hydrogen-bond acceptors (Lipinski definition) is 1. The lowest BCUT2D eigenvalue weighted by Crippen LogP contribution is -2.33. The first kappa shape index (κ1) is 12.0. The van der Waals surface area contributed by atoms with Gasteiger partial charge >= 0.3 is 0 Å². The smallest absolute Gasteiger partial charge is 0.00670 e. The zero-order chi connectivity index (χ0) is 10.1. The topological polar surface area (TPSA) is 12.0 Å². The highest BCUT2D eigenvalue weighted by Gasteiger charge is 2.10. The van der Waals surface area contributed by atoms with Crippen molar-refractivity contribution < 1.29 is 0 Å². The van der Waals surface area contributed by atoms with Crippen molar-refractivity contribution in [1.82, 2.24) is 5.32 Å². The van der Waals surface area contributed by atoms with Crippen LogP contribution in [0.3, 0.4) is 0 Å². The van der Waals surface area contributed by atoms with Gasteiger partial charge in [0.05, 0.1) is 0 Å². The predicted molar refractivity (Wildman–Crippen MR) is 63.6 cm³/mol. The van der Waals surface area contributed by atoms with E-state index in [0.29, 0.717) is 0 Å². The predicted octanol–water partition coefficient (Wildman–Crippen LogP) is 3.88. The summed E-state index contributed by atoms with van der Waals surface area (Å²) in [5.74, 6) is 0. The molecule has 1 heterocycles. The second kappa shape index (κ2) is 8.28. The molecule has 1 fully saturated rings. The molecule has 1 unspecified atom stereocenters. The average Bonchev–Trinajstić information content (AvgIpc) is 2.25. The summed E-state index contributed by atoms with van der Waals surface area (Å²) in [5, 5.41) is 3.62. The van der Waals surface area contributed by atoms with Gasteiger partial charge in [0, 0.05) is 6.04 Å². The Labute approximate surface area is 89.7 Å². The van der Waals surface area contributed by atoms with Crippen molar-refractivity contribution >= 4 is 0 Å². The molecule has 0 aliphatic carbocycles. The third-order valence-electron chi connectivity index (χ3n) is 3.32. The fourth-order valence-corrected chi connectivity index (χ4v) is 2.34. The van der Waals surface area contributed by atoms with Gasteiger partial charge in [0.15, 0.2) is 0 Å². The maximum absolute atomic E-state index is 3.62. The first-order chi connectivity index (χ1) is 6.93. The van der Waals surface area contributed by atoms with E-state index in [9.17, 15) is 0 Å². The van der Waals surface area contributed by atoms with Crippen molar-refractivity contribution in [3.63, 3.8) is 0 Å². The molecule has 0 aromatic rings. The van der Waals surface area contributed by atoms with Crippen LogP contribution in [0.25, 0.3) is 0 Å². The SMILES string of the molecule is CCCCCCCCC1CCCCN1. The largest absolute Gasteiger partial charge is 0.314 e. The van der Waals surface area contributed by atoms with Crippen molar-refractivity contribution in [2.24, 2.45) is 0 Å². The van der Waals surface area contributed by atoms with Crippen molar-refractivity contribution in [2.75, 3.05) is 6.54 Å². The van der Waals surface area contributed by atoms with Crippen LogP contribution in [-0.4, -0.2) is 12.6 Å². The molecule has 0 bridgehead atoms.